The molecule has 2 heterocycles. The van der Waals surface area contributed by atoms with Gasteiger partial charge in [-0.3, -0.25) is 9.59 Å². The molecule has 2 fully saturated rings. The summed E-state index contributed by atoms with van der Waals surface area (Å²) in [5.41, 5.74) is 1.99. The van der Waals surface area contributed by atoms with Crippen molar-refractivity contribution >= 4 is 11.8 Å². The minimum atomic E-state index is 0.0948. The lowest BCUT2D eigenvalue weighted by Crippen LogP contribution is -2.41. The van der Waals surface area contributed by atoms with Gasteiger partial charge in [0.15, 0.2) is 0 Å². The number of amides is 2. The number of carbonyl (C=O) groups is 2. The van der Waals surface area contributed by atoms with Crippen LogP contribution in [0.3, 0.4) is 0 Å². The predicted molar refractivity (Wildman–Crippen MR) is 99.7 cm³/mol. The van der Waals surface area contributed by atoms with Gasteiger partial charge >= 0.3 is 0 Å². The Morgan fingerprint density at radius 3 is 2.58 bits per heavy atom. The number of hydrogen-bond acceptors (Lipinski definition) is 2. The highest BCUT2D eigenvalue weighted by atomic mass is 16.2. The van der Waals surface area contributed by atoms with E-state index in [1.165, 1.54) is 5.56 Å². The second-order valence-electron chi connectivity index (χ2n) is 7.44. The zero-order chi connectivity index (χ0) is 17.9. The van der Waals surface area contributed by atoms with Crippen molar-refractivity contribution in [2.75, 3.05) is 19.6 Å². The second-order valence-corrected chi connectivity index (χ2v) is 7.44. The number of rotatable bonds is 5. The minimum absolute atomic E-state index is 0.0948. The summed E-state index contributed by atoms with van der Waals surface area (Å²) < 4.78 is 0. The zero-order valence-electron chi connectivity index (χ0n) is 14.9. The molecule has 26 heavy (non-hydrogen) atoms. The molecule has 1 saturated carbocycles. The number of likely N-dealkylation sites (tertiary alicyclic amines) is 1. The topological polar surface area (TPSA) is 65.2 Å². The third-order valence-corrected chi connectivity index (χ3v) is 5.67. The van der Waals surface area contributed by atoms with Crippen LogP contribution >= 0.6 is 0 Å². The molecule has 1 aliphatic heterocycles. The van der Waals surface area contributed by atoms with E-state index in [0.29, 0.717) is 11.8 Å². The van der Waals surface area contributed by atoms with Crippen LogP contribution in [0.4, 0.5) is 0 Å². The first-order chi connectivity index (χ1) is 12.7. The maximum atomic E-state index is 12.4. The lowest BCUT2D eigenvalue weighted by atomic mass is 9.96. The van der Waals surface area contributed by atoms with Crippen molar-refractivity contribution in [1.82, 2.24) is 15.2 Å². The molecule has 0 bridgehead atoms. The fourth-order valence-corrected chi connectivity index (χ4v) is 3.91. The number of piperidine rings is 1. The summed E-state index contributed by atoms with van der Waals surface area (Å²) in [5, 5.41) is 3.14. The van der Waals surface area contributed by atoms with Crippen molar-refractivity contribution in [3.8, 4) is 0 Å². The second kappa shape index (κ2) is 7.36. The third-order valence-electron chi connectivity index (χ3n) is 5.67. The summed E-state index contributed by atoms with van der Waals surface area (Å²) in [5.74, 6) is 1.26. The van der Waals surface area contributed by atoms with Gasteiger partial charge in [0.1, 0.15) is 0 Å². The molecule has 2 N–H and O–H groups in total. The van der Waals surface area contributed by atoms with Crippen LogP contribution in [0.25, 0.3) is 0 Å². The highest BCUT2D eigenvalue weighted by molar-refractivity contribution is 5.94. The number of carbonyl (C=O) groups excluding carboxylic acids is 2. The van der Waals surface area contributed by atoms with E-state index in [4.69, 9.17) is 0 Å². The normalized spacial score (nSPS) is 22.8. The van der Waals surface area contributed by atoms with E-state index in [-0.39, 0.29) is 17.7 Å². The van der Waals surface area contributed by atoms with E-state index >= 15 is 0 Å². The number of nitrogens with one attached hydrogen (secondary N) is 2. The van der Waals surface area contributed by atoms with Crippen LogP contribution in [-0.2, 0) is 4.79 Å². The summed E-state index contributed by atoms with van der Waals surface area (Å²) >= 11 is 0. The maximum Gasteiger partial charge on any atom is 0.255 e. The number of hydrogen-bond donors (Lipinski definition) is 2. The molecule has 1 aromatic carbocycles. The van der Waals surface area contributed by atoms with E-state index < -0.39 is 0 Å². The highest BCUT2D eigenvalue weighted by Gasteiger charge is 2.43. The number of benzene rings is 1. The van der Waals surface area contributed by atoms with Crippen LogP contribution in [0.15, 0.2) is 48.8 Å². The lowest BCUT2D eigenvalue weighted by Gasteiger charge is -2.32. The molecular formula is C21H25N3O2. The molecule has 0 unspecified atom stereocenters. The van der Waals surface area contributed by atoms with Crippen molar-refractivity contribution in [3.63, 3.8) is 0 Å². The Morgan fingerprint density at radius 2 is 1.88 bits per heavy atom. The molecule has 0 spiro atoms. The van der Waals surface area contributed by atoms with Crippen molar-refractivity contribution < 1.29 is 9.59 Å². The molecule has 136 valence electrons. The molecule has 5 nitrogen and oxygen atoms in total. The fourth-order valence-electron chi connectivity index (χ4n) is 3.91. The van der Waals surface area contributed by atoms with Gasteiger partial charge in [-0.2, -0.15) is 0 Å². The van der Waals surface area contributed by atoms with E-state index in [2.05, 4.69) is 22.4 Å². The van der Waals surface area contributed by atoms with Gasteiger partial charge < -0.3 is 15.2 Å². The molecule has 5 heteroatoms. The first-order valence-electron chi connectivity index (χ1n) is 9.47. The number of nitrogens with zero attached hydrogens (tertiary/aromatic N) is 1. The van der Waals surface area contributed by atoms with Gasteiger partial charge in [-0.15, -0.1) is 0 Å². The minimum Gasteiger partial charge on any atom is -0.367 e. The van der Waals surface area contributed by atoms with E-state index in [1.807, 2.05) is 29.2 Å². The summed E-state index contributed by atoms with van der Waals surface area (Å²) in [6.45, 7) is 2.25. The molecule has 1 aromatic heterocycles. The molecule has 1 aliphatic carbocycles. The fraction of sp³-hybridized carbons (Fsp3) is 0.429. The molecule has 1 saturated heterocycles. The van der Waals surface area contributed by atoms with Gasteiger partial charge in [0.2, 0.25) is 5.91 Å². The van der Waals surface area contributed by atoms with E-state index in [1.54, 1.807) is 12.4 Å². The zero-order valence-corrected chi connectivity index (χ0v) is 14.9. The van der Waals surface area contributed by atoms with Crippen molar-refractivity contribution in [2.24, 2.45) is 11.8 Å². The van der Waals surface area contributed by atoms with Gasteiger partial charge in [-0.25, -0.2) is 0 Å². The average Bonchev–Trinajstić information content (AvgIpc) is 3.31. The number of aromatic nitrogens is 1. The van der Waals surface area contributed by atoms with Crippen molar-refractivity contribution in [3.05, 3.63) is 59.9 Å². The first-order valence-corrected chi connectivity index (χ1v) is 9.47. The standard InChI is InChI=1S/C21H25N3O2/c25-20(19-12-18(19)16-4-2-1-3-5-16)23-13-15-7-10-24(11-8-15)21(26)17-6-9-22-14-17/h1-6,9,14-15,18-19,22H,7-8,10-13H2,(H,23,25)/t18-,19+/m0/s1. The third kappa shape index (κ3) is 3.66. The van der Waals surface area contributed by atoms with E-state index in [0.717, 1.165) is 44.5 Å². The smallest absolute Gasteiger partial charge is 0.255 e. The summed E-state index contributed by atoms with van der Waals surface area (Å²) in [6.07, 6.45) is 6.37. The van der Waals surface area contributed by atoms with Gasteiger partial charge in [0.05, 0.1) is 5.56 Å². The molecule has 2 amide bonds. The number of H-pyrrole nitrogens is 1. The highest BCUT2D eigenvalue weighted by Crippen LogP contribution is 2.47. The molecular weight excluding hydrogens is 326 g/mol. The Morgan fingerprint density at radius 1 is 1.12 bits per heavy atom. The molecule has 0 radical (unpaired) electrons. The van der Waals surface area contributed by atoms with Crippen molar-refractivity contribution in [1.29, 1.82) is 0 Å². The van der Waals surface area contributed by atoms with Gasteiger partial charge in [0, 0.05) is 37.9 Å². The summed E-state index contributed by atoms with van der Waals surface area (Å²) in [6, 6.07) is 12.1. The Hall–Kier alpha value is -2.56. The molecule has 2 aromatic rings. The Balaban J connectivity index is 1.20. The monoisotopic (exact) mass is 351 g/mol. The molecule has 4 rings (SSSR count). The Kier molecular flexibility index (Phi) is 4.78. The summed E-state index contributed by atoms with van der Waals surface area (Å²) in [7, 11) is 0. The lowest BCUT2D eigenvalue weighted by molar-refractivity contribution is -0.122. The van der Waals surface area contributed by atoms with Crippen LogP contribution in [0.2, 0.25) is 0 Å². The SMILES string of the molecule is O=C(NCC1CCN(C(=O)c2cc[nH]c2)CC1)[C@@H]1C[C@H]1c1ccccc1. The first kappa shape index (κ1) is 16.9. The van der Waals surface area contributed by atoms with E-state index in [9.17, 15) is 9.59 Å². The van der Waals surface area contributed by atoms with Crippen LogP contribution in [0, 0.1) is 11.8 Å². The van der Waals surface area contributed by atoms with Crippen LogP contribution in [-0.4, -0.2) is 41.3 Å². The number of aromatic amines is 1. The average molecular weight is 351 g/mol. The Labute approximate surface area is 153 Å². The van der Waals surface area contributed by atoms with Crippen LogP contribution in [0.1, 0.15) is 41.1 Å². The summed E-state index contributed by atoms with van der Waals surface area (Å²) in [4.78, 5) is 29.6. The van der Waals surface area contributed by atoms with Gasteiger partial charge in [0.25, 0.3) is 5.91 Å². The largest absolute Gasteiger partial charge is 0.367 e. The maximum absolute atomic E-state index is 12.4. The van der Waals surface area contributed by atoms with Crippen molar-refractivity contribution in [2.45, 2.75) is 25.2 Å². The van der Waals surface area contributed by atoms with Gasteiger partial charge in [-0.05, 0) is 42.7 Å². The quantitative estimate of drug-likeness (QED) is 0.870. The molecule has 2 aliphatic rings. The molecule has 2 atom stereocenters. The predicted octanol–water partition coefficient (Wildman–Crippen LogP) is 2.79. The van der Waals surface area contributed by atoms with Crippen LogP contribution < -0.4 is 5.32 Å². The Bertz CT molecular complexity index is 749. The van der Waals surface area contributed by atoms with Gasteiger partial charge in [-0.1, -0.05) is 30.3 Å². The van der Waals surface area contributed by atoms with Crippen LogP contribution in [0.5, 0.6) is 0 Å².